The normalized spacial score (nSPS) is 20.9. The van der Waals surface area contributed by atoms with E-state index in [1.54, 1.807) is 6.92 Å². The molecule has 0 heterocycles. The second-order valence-corrected chi connectivity index (χ2v) is 5.90. The van der Waals surface area contributed by atoms with Gasteiger partial charge in [-0.05, 0) is 43.9 Å². The van der Waals surface area contributed by atoms with Crippen molar-refractivity contribution in [1.82, 2.24) is 0 Å². The van der Waals surface area contributed by atoms with E-state index in [2.05, 4.69) is 0 Å². The average molecular weight is 266 g/mol. The quantitative estimate of drug-likeness (QED) is 0.803. The molecule has 2 nitrogen and oxygen atoms in total. The molecule has 1 atom stereocenters. The first-order valence-corrected chi connectivity index (χ1v) is 7.11. The van der Waals surface area contributed by atoms with E-state index in [0.717, 1.165) is 31.2 Å². The van der Waals surface area contributed by atoms with Crippen LogP contribution in [0.25, 0.3) is 0 Å². The summed E-state index contributed by atoms with van der Waals surface area (Å²) in [5.41, 5.74) is 0.619. The third-order valence-corrected chi connectivity index (χ3v) is 4.23. The zero-order chi connectivity index (χ0) is 14.0. The van der Waals surface area contributed by atoms with Crippen LogP contribution in [0.3, 0.4) is 0 Å². The van der Waals surface area contributed by atoms with Gasteiger partial charge in [0.05, 0.1) is 5.60 Å². The van der Waals surface area contributed by atoms with Crippen LogP contribution in [0.4, 0.5) is 4.39 Å². The molecule has 19 heavy (non-hydrogen) atoms. The van der Waals surface area contributed by atoms with Crippen molar-refractivity contribution in [2.24, 2.45) is 0 Å². The summed E-state index contributed by atoms with van der Waals surface area (Å²) < 4.78 is 14.1. The van der Waals surface area contributed by atoms with Gasteiger partial charge in [-0.1, -0.05) is 31.7 Å². The van der Waals surface area contributed by atoms with E-state index in [1.807, 2.05) is 13.0 Å². The third-order valence-electron chi connectivity index (χ3n) is 4.23. The fraction of sp³-hybridized carbons (Fsp3) is 0.625. The lowest BCUT2D eigenvalue weighted by molar-refractivity contribution is -0.0883. The zero-order valence-electron chi connectivity index (χ0n) is 11.7. The Kier molecular flexibility index (Phi) is 4.26. The van der Waals surface area contributed by atoms with Gasteiger partial charge < -0.3 is 10.2 Å². The van der Waals surface area contributed by atoms with Crippen LogP contribution in [-0.4, -0.2) is 15.8 Å². The van der Waals surface area contributed by atoms with E-state index in [1.165, 1.54) is 6.07 Å². The van der Waals surface area contributed by atoms with Crippen molar-refractivity contribution in [2.45, 2.75) is 64.1 Å². The fourth-order valence-electron chi connectivity index (χ4n) is 3.16. The van der Waals surface area contributed by atoms with Gasteiger partial charge in [-0.2, -0.15) is 0 Å². The number of hydrogen-bond donors (Lipinski definition) is 2. The standard InChI is InChI=1S/C16H23FO2/c1-11-9-12(2)14(13(17)10-11)15(18)16(19)7-5-3-4-6-8-16/h9-10,15,18-19H,3-8H2,1-2H3. The van der Waals surface area contributed by atoms with Crippen LogP contribution < -0.4 is 0 Å². The molecule has 106 valence electrons. The minimum absolute atomic E-state index is 0.259. The second kappa shape index (κ2) is 5.59. The smallest absolute Gasteiger partial charge is 0.129 e. The predicted molar refractivity (Wildman–Crippen MR) is 73.5 cm³/mol. The summed E-state index contributed by atoms with van der Waals surface area (Å²) >= 11 is 0. The Morgan fingerprint density at radius 1 is 1.11 bits per heavy atom. The summed E-state index contributed by atoms with van der Waals surface area (Å²) in [6, 6.07) is 3.27. The van der Waals surface area contributed by atoms with Crippen molar-refractivity contribution in [3.63, 3.8) is 0 Å². The highest BCUT2D eigenvalue weighted by atomic mass is 19.1. The van der Waals surface area contributed by atoms with E-state index in [0.29, 0.717) is 18.4 Å². The van der Waals surface area contributed by atoms with E-state index in [4.69, 9.17) is 0 Å². The van der Waals surface area contributed by atoms with Gasteiger partial charge in [0, 0.05) is 5.56 Å². The molecule has 0 radical (unpaired) electrons. The molecule has 2 N–H and O–H groups in total. The number of benzene rings is 1. The van der Waals surface area contributed by atoms with Gasteiger partial charge in [0.2, 0.25) is 0 Å². The summed E-state index contributed by atoms with van der Waals surface area (Å²) in [7, 11) is 0. The lowest BCUT2D eigenvalue weighted by Crippen LogP contribution is -2.36. The number of aliphatic hydroxyl groups excluding tert-OH is 1. The second-order valence-electron chi connectivity index (χ2n) is 5.90. The van der Waals surface area contributed by atoms with Crippen LogP contribution >= 0.6 is 0 Å². The lowest BCUT2D eigenvalue weighted by Gasteiger charge is -2.33. The van der Waals surface area contributed by atoms with Gasteiger partial charge in [0.25, 0.3) is 0 Å². The van der Waals surface area contributed by atoms with Gasteiger partial charge >= 0.3 is 0 Å². The zero-order valence-corrected chi connectivity index (χ0v) is 11.7. The molecule has 3 heteroatoms. The number of aryl methyl sites for hydroxylation is 2. The van der Waals surface area contributed by atoms with Crippen molar-refractivity contribution in [3.8, 4) is 0 Å². The van der Waals surface area contributed by atoms with Gasteiger partial charge in [-0.3, -0.25) is 0 Å². The number of hydrogen-bond acceptors (Lipinski definition) is 2. The highest BCUT2D eigenvalue weighted by molar-refractivity contribution is 5.35. The maximum Gasteiger partial charge on any atom is 0.129 e. The Balaban J connectivity index is 2.35. The van der Waals surface area contributed by atoms with Crippen LogP contribution in [0.2, 0.25) is 0 Å². The minimum Gasteiger partial charge on any atom is -0.387 e. The highest BCUT2D eigenvalue weighted by Crippen LogP contribution is 2.39. The molecule has 1 fully saturated rings. The molecule has 1 saturated carbocycles. The van der Waals surface area contributed by atoms with E-state index < -0.39 is 17.5 Å². The summed E-state index contributed by atoms with van der Waals surface area (Å²) in [4.78, 5) is 0. The third kappa shape index (κ3) is 2.98. The van der Waals surface area contributed by atoms with Crippen molar-refractivity contribution < 1.29 is 14.6 Å². The number of aliphatic hydroxyl groups is 2. The van der Waals surface area contributed by atoms with Crippen LogP contribution in [0.5, 0.6) is 0 Å². The Morgan fingerprint density at radius 2 is 1.68 bits per heavy atom. The Bertz CT molecular complexity index is 425. The van der Waals surface area contributed by atoms with Crippen LogP contribution in [-0.2, 0) is 0 Å². The molecule has 0 aromatic heterocycles. The first kappa shape index (κ1) is 14.5. The molecule has 0 aliphatic heterocycles. The molecule has 0 bridgehead atoms. The molecule has 2 rings (SSSR count). The predicted octanol–water partition coefficient (Wildman–Crippen LogP) is 3.56. The van der Waals surface area contributed by atoms with Gasteiger partial charge in [-0.15, -0.1) is 0 Å². The number of rotatable bonds is 2. The number of halogens is 1. The van der Waals surface area contributed by atoms with E-state index in [9.17, 15) is 14.6 Å². The summed E-state index contributed by atoms with van der Waals surface area (Å²) in [5.74, 6) is -0.414. The summed E-state index contributed by atoms with van der Waals surface area (Å²) in [6.45, 7) is 3.61. The van der Waals surface area contributed by atoms with E-state index >= 15 is 0 Å². The maximum absolute atomic E-state index is 14.1. The highest BCUT2D eigenvalue weighted by Gasteiger charge is 2.38. The van der Waals surface area contributed by atoms with Gasteiger partial charge in [-0.25, -0.2) is 4.39 Å². The molecule has 1 aliphatic rings. The lowest BCUT2D eigenvalue weighted by atomic mass is 9.82. The first-order valence-electron chi connectivity index (χ1n) is 7.11. The maximum atomic E-state index is 14.1. The molecular formula is C16H23FO2. The Labute approximate surface area is 114 Å². The molecule has 0 spiro atoms. The van der Waals surface area contributed by atoms with Crippen LogP contribution in [0.1, 0.15) is 61.3 Å². The molecule has 1 aliphatic carbocycles. The van der Waals surface area contributed by atoms with Crippen molar-refractivity contribution in [1.29, 1.82) is 0 Å². The topological polar surface area (TPSA) is 40.5 Å². The fourth-order valence-corrected chi connectivity index (χ4v) is 3.16. The molecule has 1 unspecified atom stereocenters. The van der Waals surface area contributed by atoms with Crippen LogP contribution in [0.15, 0.2) is 12.1 Å². The van der Waals surface area contributed by atoms with Crippen molar-refractivity contribution in [3.05, 3.63) is 34.6 Å². The average Bonchev–Trinajstić information content (AvgIpc) is 2.53. The summed E-state index contributed by atoms with van der Waals surface area (Å²) in [6.07, 6.45) is 3.88. The Hall–Kier alpha value is -0.930. The molecular weight excluding hydrogens is 243 g/mol. The largest absolute Gasteiger partial charge is 0.387 e. The molecule has 1 aromatic carbocycles. The van der Waals surface area contributed by atoms with Crippen molar-refractivity contribution in [2.75, 3.05) is 0 Å². The Morgan fingerprint density at radius 3 is 2.21 bits per heavy atom. The molecule has 1 aromatic rings. The van der Waals surface area contributed by atoms with E-state index in [-0.39, 0.29) is 5.56 Å². The molecule has 0 saturated heterocycles. The summed E-state index contributed by atoms with van der Waals surface area (Å²) in [5, 5.41) is 21.2. The minimum atomic E-state index is -1.18. The van der Waals surface area contributed by atoms with Crippen LogP contribution in [0, 0.1) is 19.7 Å². The monoisotopic (exact) mass is 266 g/mol. The van der Waals surface area contributed by atoms with Crippen molar-refractivity contribution >= 4 is 0 Å². The van der Waals surface area contributed by atoms with Gasteiger partial charge in [0.1, 0.15) is 11.9 Å². The SMILES string of the molecule is Cc1cc(C)c(C(O)C2(O)CCCCCC2)c(F)c1. The first-order chi connectivity index (χ1) is 8.94. The molecule has 0 amide bonds. The van der Waals surface area contributed by atoms with Gasteiger partial charge in [0.15, 0.2) is 0 Å².